The Bertz CT molecular complexity index is 882. The molecule has 110 valence electrons. The van der Waals surface area contributed by atoms with Gasteiger partial charge in [0, 0.05) is 25.6 Å². The zero-order valence-electron chi connectivity index (χ0n) is 12.0. The first kappa shape index (κ1) is 12.2. The molecule has 3 aromatic heterocycles. The van der Waals surface area contributed by atoms with Crippen LogP contribution in [0.1, 0.15) is 6.93 Å². The lowest BCUT2D eigenvalue weighted by atomic mass is 10.3. The monoisotopic (exact) mass is 313 g/mol. The van der Waals surface area contributed by atoms with Crippen LogP contribution in [0.4, 0.5) is 4.39 Å². The summed E-state index contributed by atoms with van der Waals surface area (Å²) in [5.41, 5.74) is -0.506. The summed E-state index contributed by atoms with van der Waals surface area (Å²) in [6.07, 6.45) is 0.0667. The van der Waals surface area contributed by atoms with Gasteiger partial charge in [-0.1, -0.05) is 11.3 Å². The summed E-state index contributed by atoms with van der Waals surface area (Å²) in [4.78, 5) is 15.7. The summed E-state index contributed by atoms with van der Waals surface area (Å²) in [5.74, 6) is -0.657. The molecule has 0 saturated heterocycles. The molecule has 3 rings (SSSR count). The molecule has 9 nitrogen and oxygen atoms in total. The minimum absolute atomic E-state index is 0.000697. The molecule has 3 aromatic rings. The molecule has 0 amide bonds. The Labute approximate surface area is 122 Å². The number of rotatable bonds is 4. The molecule has 0 radical (unpaired) electrons. The van der Waals surface area contributed by atoms with Gasteiger partial charge in [0.05, 0.1) is 6.93 Å². The number of aryl methyl sites for hydroxylation is 2. The predicted molar refractivity (Wildman–Crippen MR) is 69.8 cm³/mol. The van der Waals surface area contributed by atoms with Gasteiger partial charge in [0.25, 0.3) is 5.19 Å². The maximum Gasteiger partial charge on any atom is 0.369 e. The normalized spacial score (nSPS) is 11.7. The van der Waals surface area contributed by atoms with Crippen molar-refractivity contribution >= 4 is 11.3 Å². The first-order valence-electron chi connectivity index (χ1n) is 6.23. The lowest BCUT2D eigenvalue weighted by Crippen LogP contribution is -2.23. The predicted octanol–water partition coefficient (Wildman–Crippen LogP) is -0.126. The van der Waals surface area contributed by atoms with Gasteiger partial charge in [-0.2, -0.15) is 9.07 Å². The molecule has 0 aliphatic rings. The lowest BCUT2D eigenvalue weighted by Gasteiger charge is -2.02. The quantitative estimate of drug-likeness (QED) is 0.666. The Hall–Kier alpha value is -2.56. The van der Waals surface area contributed by atoms with E-state index in [0.717, 1.165) is 25.4 Å². The SMILES string of the molecule is [3H]c1csc(OCc2c(-n3nnn(C)c3=O)nn(C)c2F)n1. The van der Waals surface area contributed by atoms with E-state index < -0.39 is 11.6 Å². The molecule has 3 heterocycles. The van der Waals surface area contributed by atoms with Crippen molar-refractivity contribution in [1.82, 2.24) is 34.6 Å². The van der Waals surface area contributed by atoms with Gasteiger partial charge in [0.15, 0.2) is 5.82 Å². The summed E-state index contributed by atoms with van der Waals surface area (Å²) < 4.78 is 29.7. The third-order valence-electron chi connectivity index (χ3n) is 2.68. The minimum atomic E-state index is -0.657. The minimum Gasteiger partial charge on any atom is -0.465 e. The fraction of sp³-hybridized carbons (Fsp3) is 0.300. The van der Waals surface area contributed by atoms with Crippen LogP contribution in [0, 0.1) is 5.95 Å². The zero-order valence-corrected chi connectivity index (χ0v) is 11.8. The van der Waals surface area contributed by atoms with Crippen molar-refractivity contribution in [2.45, 2.75) is 6.61 Å². The van der Waals surface area contributed by atoms with Gasteiger partial charge < -0.3 is 4.74 Å². The first-order chi connectivity index (χ1) is 10.5. The highest BCUT2D eigenvalue weighted by Crippen LogP contribution is 2.19. The van der Waals surface area contributed by atoms with Crippen molar-refractivity contribution in [1.29, 1.82) is 0 Å². The number of hydrogen-bond acceptors (Lipinski definition) is 7. The first-order valence-corrected chi connectivity index (χ1v) is 6.61. The Morgan fingerprint density at radius 1 is 1.43 bits per heavy atom. The molecule has 0 N–H and O–H groups in total. The molecule has 0 saturated carbocycles. The van der Waals surface area contributed by atoms with Crippen LogP contribution in [0.15, 0.2) is 16.3 Å². The summed E-state index contributed by atoms with van der Waals surface area (Å²) in [7, 11) is 2.82. The highest BCUT2D eigenvalue weighted by atomic mass is 32.1. The van der Waals surface area contributed by atoms with Gasteiger partial charge in [-0.15, -0.1) is 9.78 Å². The Morgan fingerprint density at radius 2 is 2.24 bits per heavy atom. The second-order valence-corrected chi connectivity index (χ2v) is 4.87. The molecular weight excluding hydrogens is 301 g/mol. The van der Waals surface area contributed by atoms with E-state index in [9.17, 15) is 9.18 Å². The van der Waals surface area contributed by atoms with Crippen LogP contribution in [0.5, 0.6) is 5.19 Å². The largest absolute Gasteiger partial charge is 0.465 e. The Balaban J connectivity index is 1.96. The summed E-state index contributed by atoms with van der Waals surface area (Å²) in [6.45, 7) is -0.203. The molecule has 0 aromatic carbocycles. The molecule has 0 unspecified atom stereocenters. The zero-order chi connectivity index (χ0) is 15.9. The fourth-order valence-electron chi connectivity index (χ4n) is 1.66. The van der Waals surface area contributed by atoms with Crippen molar-refractivity contribution < 1.29 is 10.5 Å². The third-order valence-corrected chi connectivity index (χ3v) is 3.31. The molecule has 0 bridgehead atoms. The molecule has 0 spiro atoms. The van der Waals surface area contributed by atoms with E-state index in [1.54, 1.807) is 0 Å². The molecule has 0 fully saturated rings. The number of halogens is 1. The highest BCUT2D eigenvalue weighted by molar-refractivity contribution is 7.11. The van der Waals surface area contributed by atoms with Gasteiger partial charge in [-0.3, -0.25) is 0 Å². The van der Waals surface area contributed by atoms with Gasteiger partial charge in [0.2, 0.25) is 5.95 Å². The maximum absolute atomic E-state index is 14.2. The topological polar surface area (TPSA) is 92.6 Å². The molecular formula is C10H10FN7O2S. The molecule has 0 aliphatic carbocycles. The van der Waals surface area contributed by atoms with E-state index in [-0.39, 0.29) is 29.4 Å². The van der Waals surface area contributed by atoms with Crippen molar-refractivity contribution in [2.24, 2.45) is 14.1 Å². The van der Waals surface area contributed by atoms with Crippen molar-refractivity contribution in [2.75, 3.05) is 0 Å². The Kier molecular flexibility index (Phi) is 2.96. The van der Waals surface area contributed by atoms with Crippen LogP contribution < -0.4 is 10.4 Å². The Morgan fingerprint density at radius 3 is 2.86 bits per heavy atom. The van der Waals surface area contributed by atoms with Crippen molar-refractivity contribution in [3.8, 4) is 11.0 Å². The van der Waals surface area contributed by atoms with E-state index in [2.05, 4.69) is 20.5 Å². The number of aromatic nitrogens is 7. The van der Waals surface area contributed by atoms with E-state index in [1.807, 2.05) is 0 Å². The van der Waals surface area contributed by atoms with Gasteiger partial charge >= 0.3 is 5.69 Å². The maximum atomic E-state index is 14.2. The van der Waals surface area contributed by atoms with Crippen LogP contribution in [-0.2, 0) is 20.7 Å². The van der Waals surface area contributed by atoms with Gasteiger partial charge in [-0.25, -0.2) is 14.5 Å². The lowest BCUT2D eigenvalue weighted by molar-refractivity contribution is 0.295. The summed E-state index contributed by atoms with van der Waals surface area (Å²) >= 11 is 1.12. The van der Waals surface area contributed by atoms with Crippen LogP contribution >= 0.6 is 11.3 Å². The van der Waals surface area contributed by atoms with E-state index in [4.69, 9.17) is 6.11 Å². The van der Waals surface area contributed by atoms with E-state index in [0.29, 0.717) is 0 Å². The molecule has 21 heavy (non-hydrogen) atoms. The second-order valence-electron chi connectivity index (χ2n) is 4.04. The number of nitrogens with zero attached hydrogens (tertiary/aromatic N) is 7. The molecule has 0 aliphatic heterocycles. The number of ether oxygens (including phenoxy) is 1. The van der Waals surface area contributed by atoms with Gasteiger partial charge in [0.1, 0.15) is 6.61 Å². The average Bonchev–Trinajstić information content (AvgIpc) is 3.11. The number of hydrogen-bond donors (Lipinski definition) is 0. The van der Waals surface area contributed by atoms with Gasteiger partial charge in [-0.05, 0) is 10.4 Å². The van der Waals surface area contributed by atoms with E-state index >= 15 is 0 Å². The van der Waals surface area contributed by atoms with Crippen LogP contribution in [0.3, 0.4) is 0 Å². The third kappa shape index (κ3) is 2.31. The fourth-order valence-corrected chi connectivity index (χ4v) is 2.10. The summed E-state index contributed by atoms with van der Waals surface area (Å²) in [5, 5.41) is 12.8. The van der Waals surface area contributed by atoms with E-state index in [1.165, 1.54) is 19.5 Å². The van der Waals surface area contributed by atoms with Crippen LogP contribution in [-0.4, -0.2) is 34.6 Å². The van der Waals surface area contributed by atoms with Crippen molar-refractivity contribution in [3.05, 3.63) is 33.5 Å². The standard InChI is InChI=1S/C10H10FN7O2S/c1-16-7(11)6(5-20-9-12-3-4-21-9)8(13-16)18-10(19)17(2)14-15-18/h3-4H,5H2,1-2H3/i3T. The molecule has 11 heteroatoms. The van der Waals surface area contributed by atoms with Crippen molar-refractivity contribution in [3.63, 3.8) is 0 Å². The van der Waals surface area contributed by atoms with Crippen LogP contribution in [0.25, 0.3) is 5.82 Å². The van der Waals surface area contributed by atoms with Crippen LogP contribution in [0.2, 0.25) is 0 Å². The smallest absolute Gasteiger partial charge is 0.369 e. The number of thiazole rings is 1. The summed E-state index contributed by atoms with van der Waals surface area (Å²) in [6, 6.07) is 0. The number of tetrazole rings is 1. The highest BCUT2D eigenvalue weighted by Gasteiger charge is 2.22. The molecule has 0 atom stereocenters. The average molecular weight is 313 g/mol. The second kappa shape index (κ2) is 5.09.